The fraction of sp³-hybridized carbons (Fsp3) is 0.600. The van der Waals surface area contributed by atoms with E-state index >= 15 is 0 Å². The van der Waals surface area contributed by atoms with E-state index in [0.29, 0.717) is 19.6 Å². The number of hydrogen-bond acceptors (Lipinski definition) is 4. The number of ether oxygens (including phenoxy) is 1. The van der Waals surface area contributed by atoms with Crippen molar-refractivity contribution in [3.05, 3.63) is 35.4 Å². The van der Waals surface area contributed by atoms with Crippen molar-refractivity contribution in [2.75, 3.05) is 33.9 Å². The Morgan fingerprint density at radius 3 is 2.42 bits per heavy atom. The minimum Gasteiger partial charge on any atom is -0.389 e. The van der Waals surface area contributed by atoms with E-state index in [9.17, 15) is 10.2 Å². The zero-order valence-electron chi connectivity index (χ0n) is 12.0. The molecule has 0 aromatic heterocycles. The molecular weight excluding hydrogens is 242 g/mol. The maximum Gasteiger partial charge on any atom is 0.0899 e. The van der Waals surface area contributed by atoms with E-state index in [1.54, 1.807) is 7.11 Å². The van der Waals surface area contributed by atoms with Crippen LogP contribution in [0.5, 0.6) is 0 Å². The van der Waals surface area contributed by atoms with Crippen molar-refractivity contribution >= 4 is 0 Å². The van der Waals surface area contributed by atoms with Crippen LogP contribution in [0.1, 0.15) is 23.7 Å². The molecule has 1 aromatic carbocycles. The monoisotopic (exact) mass is 267 g/mol. The summed E-state index contributed by atoms with van der Waals surface area (Å²) in [6, 6.07) is 7.93. The van der Waals surface area contributed by atoms with E-state index < -0.39 is 12.2 Å². The second-order valence-corrected chi connectivity index (χ2v) is 5.09. The van der Waals surface area contributed by atoms with Crippen molar-refractivity contribution in [2.45, 2.75) is 25.6 Å². The first-order chi connectivity index (χ1) is 9.02. The van der Waals surface area contributed by atoms with Crippen LogP contribution in [0.15, 0.2) is 24.3 Å². The van der Waals surface area contributed by atoms with E-state index in [4.69, 9.17) is 4.74 Å². The number of benzene rings is 1. The fourth-order valence-corrected chi connectivity index (χ4v) is 1.99. The molecule has 0 fully saturated rings. The lowest BCUT2D eigenvalue weighted by Gasteiger charge is -2.21. The lowest BCUT2D eigenvalue weighted by Crippen LogP contribution is -2.33. The van der Waals surface area contributed by atoms with Gasteiger partial charge in [-0.15, -0.1) is 0 Å². The number of methoxy groups -OCH3 is 1. The summed E-state index contributed by atoms with van der Waals surface area (Å²) in [6.45, 7) is 3.65. The molecule has 0 saturated heterocycles. The van der Waals surface area contributed by atoms with E-state index in [-0.39, 0.29) is 0 Å². The minimum absolute atomic E-state index is 0.338. The van der Waals surface area contributed by atoms with Gasteiger partial charge in [-0.3, -0.25) is 0 Å². The summed E-state index contributed by atoms with van der Waals surface area (Å²) in [5.41, 5.74) is 2.13. The van der Waals surface area contributed by atoms with Crippen LogP contribution >= 0.6 is 0 Å². The van der Waals surface area contributed by atoms with Gasteiger partial charge in [-0.2, -0.15) is 0 Å². The minimum atomic E-state index is -0.480. The highest BCUT2D eigenvalue weighted by atomic mass is 16.5. The molecule has 2 atom stereocenters. The van der Waals surface area contributed by atoms with Gasteiger partial charge in [0, 0.05) is 20.2 Å². The summed E-state index contributed by atoms with van der Waals surface area (Å²) in [5, 5.41) is 19.7. The second-order valence-electron chi connectivity index (χ2n) is 5.09. The van der Waals surface area contributed by atoms with Gasteiger partial charge >= 0.3 is 0 Å². The molecule has 1 rings (SSSR count). The zero-order valence-corrected chi connectivity index (χ0v) is 12.0. The third kappa shape index (κ3) is 6.16. The van der Waals surface area contributed by atoms with Gasteiger partial charge in [-0.05, 0) is 26.0 Å². The molecule has 0 bridgehead atoms. The van der Waals surface area contributed by atoms with Crippen LogP contribution in [0.2, 0.25) is 0 Å². The Labute approximate surface area is 115 Å². The number of likely N-dealkylation sites (N-methyl/N-ethyl adjacent to an activating group) is 1. The van der Waals surface area contributed by atoms with Gasteiger partial charge in [0.15, 0.2) is 0 Å². The van der Waals surface area contributed by atoms with Gasteiger partial charge in [-0.1, -0.05) is 29.8 Å². The Bertz CT molecular complexity index is 353. The average molecular weight is 267 g/mol. The van der Waals surface area contributed by atoms with Gasteiger partial charge in [-0.25, -0.2) is 0 Å². The summed E-state index contributed by atoms with van der Waals surface area (Å²) in [5.74, 6) is 0. The van der Waals surface area contributed by atoms with Crippen molar-refractivity contribution in [2.24, 2.45) is 0 Å². The maximum absolute atomic E-state index is 10.1. The smallest absolute Gasteiger partial charge is 0.0899 e. The van der Waals surface area contributed by atoms with Crippen LogP contribution in [-0.2, 0) is 4.74 Å². The highest BCUT2D eigenvalue weighted by Gasteiger charge is 2.11. The average Bonchev–Trinajstić information content (AvgIpc) is 2.37. The zero-order chi connectivity index (χ0) is 14.3. The Morgan fingerprint density at radius 2 is 1.84 bits per heavy atom. The Morgan fingerprint density at radius 1 is 1.21 bits per heavy atom. The summed E-state index contributed by atoms with van der Waals surface area (Å²) in [6.07, 6.45) is -0.284. The molecule has 0 saturated carbocycles. The Balaban J connectivity index is 2.33. The lowest BCUT2D eigenvalue weighted by molar-refractivity contribution is 0.0398. The topological polar surface area (TPSA) is 52.9 Å². The third-order valence-electron chi connectivity index (χ3n) is 3.13. The lowest BCUT2D eigenvalue weighted by atomic mass is 10.0. The standard InChI is InChI=1S/C15H25NO3/c1-12-4-6-13(7-5-12)15(18)8-9-16(2)10-14(17)11-19-3/h4-7,14-15,17-18H,8-11H2,1-3H3. The number of rotatable bonds is 8. The van der Waals surface area contributed by atoms with Crippen LogP contribution in [-0.4, -0.2) is 55.1 Å². The Hall–Kier alpha value is -0.940. The molecule has 0 amide bonds. The number of aliphatic hydroxyl groups is 2. The summed E-state index contributed by atoms with van der Waals surface area (Å²) < 4.78 is 4.88. The normalized spacial score (nSPS) is 14.6. The number of nitrogens with zero attached hydrogens (tertiary/aromatic N) is 1. The molecule has 0 aliphatic rings. The molecular formula is C15H25NO3. The van der Waals surface area contributed by atoms with Gasteiger partial charge < -0.3 is 19.8 Å². The molecule has 0 aliphatic heterocycles. The van der Waals surface area contributed by atoms with Crippen LogP contribution in [0.25, 0.3) is 0 Å². The van der Waals surface area contributed by atoms with E-state index in [1.165, 1.54) is 5.56 Å². The molecule has 0 aliphatic carbocycles. The van der Waals surface area contributed by atoms with Crippen molar-refractivity contribution in [3.63, 3.8) is 0 Å². The van der Waals surface area contributed by atoms with Gasteiger partial charge in [0.2, 0.25) is 0 Å². The van der Waals surface area contributed by atoms with Gasteiger partial charge in [0.25, 0.3) is 0 Å². The molecule has 0 spiro atoms. The largest absolute Gasteiger partial charge is 0.389 e. The highest BCUT2D eigenvalue weighted by Crippen LogP contribution is 2.17. The second kappa shape index (κ2) is 8.27. The van der Waals surface area contributed by atoms with E-state index in [0.717, 1.165) is 12.1 Å². The van der Waals surface area contributed by atoms with Crippen molar-refractivity contribution in [1.29, 1.82) is 0 Å². The predicted molar refractivity (Wildman–Crippen MR) is 76.1 cm³/mol. The number of aliphatic hydroxyl groups excluding tert-OH is 2. The molecule has 4 nitrogen and oxygen atoms in total. The molecule has 19 heavy (non-hydrogen) atoms. The van der Waals surface area contributed by atoms with Crippen LogP contribution in [0.3, 0.4) is 0 Å². The molecule has 4 heteroatoms. The van der Waals surface area contributed by atoms with Gasteiger partial charge in [0.1, 0.15) is 0 Å². The molecule has 2 unspecified atom stereocenters. The summed E-state index contributed by atoms with van der Waals surface area (Å²) in [7, 11) is 3.51. The first-order valence-electron chi connectivity index (χ1n) is 6.63. The maximum atomic E-state index is 10.1. The first-order valence-corrected chi connectivity index (χ1v) is 6.63. The molecule has 108 valence electrons. The quantitative estimate of drug-likeness (QED) is 0.747. The van der Waals surface area contributed by atoms with Gasteiger partial charge in [0.05, 0.1) is 18.8 Å². The SMILES string of the molecule is COCC(O)CN(C)CCC(O)c1ccc(C)cc1. The molecule has 0 heterocycles. The van der Waals surface area contributed by atoms with Crippen LogP contribution < -0.4 is 0 Å². The Kier molecular flexibility index (Phi) is 7.02. The van der Waals surface area contributed by atoms with E-state index in [2.05, 4.69) is 0 Å². The van der Waals surface area contributed by atoms with E-state index in [1.807, 2.05) is 43.1 Å². The van der Waals surface area contributed by atoms with Crippen LogP contribution in [0, 0.1) is 6.92 Å². The number of hydrogen-bond donors (Lipinski definition) is 2. The molecule has 1 aromatic rings. The van der Waals surface area contributed by atoms with Crippen LogP contribution in [0.4, 0.5) is 0 Å². The third-order valence-corrected chi connectivity index (χ3v) is 3.13. The van der Waals surface area contributed by atoms with Crippen molar-refractivity contribution < 1.29 is 14.9 Å². The highest BCUT2D eigenvalue weighted by molar-refractivity contribution is 5.22. The first kappa shape index (κ1) is 16.1. The fourth-order valence-electron chi connectivity index (χ4n) is 1.99. The molecule has 2 N–H and O–H groups in total. The molecule has 0 radical (unpaired) electrons. The predicted octanol–water partition coefficient (Wildman–Crippen LogP) is 1.36. The van der Waals surface area contributed by atoms with Crippen molar-refractivity contribution in [3.8, 4) is 0 Å². The summed E-state index contributed by atoms with van der Waals surface area (Å²) >= 11 is 0. The summed E-state index contributed by atoms with van der Waals surface area (Å²) in [4.78, 5) is 2.00. The van der Waals surface area contributed by atoms with Crippen molar-refractivity contribution in [1.82, 2.24) is 4.90 Å². The number of aryl methyl sites for hydroxylation is 1.